The molecule has 30 heavy (non-hydrogen) atoms. The van der Waals surface area contributed by atoms with Crippen LogP contribution in [0.25, 0.3) is 0 Å². The number of halogens is 4. The molecule has 1 atom stereocenters. The monoisotopic (exact) mass is 426 g/mol. The molecule has 0 bridgehead atoms. The number of hydrogen-bond donors (Lipinski definition) is 1. The predicted molar refractivity (Wildman–Crippen MR) is 101 cm³/mol. The van der Waals surface area contributed by atoms with Gasteiger partial charge in [-0.05, 0) is 35.9 Å². The Morgan fingerprint density at radius 3 is 2.50 bits per heavy atom. The van der Waals surface area contributed by atoms with Gasteiger partial charge in [0.2, 0.25) is 0 Å². The van der Waals surface area contributed by atoms with E-state index in [1.165, 1.54) is 24.3 Å². The molecule has 3 rings (SSSR count). The fourth-order valence-electron chi connectivity index (χ4n) is 3.20. The van der Waals surface area contributed by atoms with E-state index in [0.717, 1.165) is 17.7 Å². The molecule has 0 aromatic heterocycles. The van der Waals surface area contributed by atoms with Crippen molar-refractivity contribution < 1.29 is 31.8 Å². The number of alkyl halides is 3. The molecule has 1 fully saturated rings. The first-order valence-corrected chi connectivity index (χ1v) is 9.47. The van der Waals surface area contributed by atoms with Crippen molar-refractivity contribution in [1.82, 2.24) is 10.2 Å². The van der Waals surface area contributed by atoms with Crippen molar-refractivity contribution in [3.05, 3.63) is 65.5 Å². The molecule has 162 valence electrons. The summed E-state index contributed by atoms with van der Waals surface area (Å²) in [5.41, 5.74) is 0.00139. The Kier molecular flexibility index (Phi) is 7.28. The molecule has 1 N–H and O–H groups in total. The molecule has 0 spiro atoms. The Hall–Kier alpha value is -2.65. The van der Waals surface area contributed by atoms with E-state index < -0.39 is 24.3 Å². The van der Waals surface area contributed by atoms with Crippen molar-refractivity contribution in [2.45, 2.75) is 12.2 Å². The summed E-state index contributed by atoms with van der Waals surface area (Å²) in [7, 11) is 0. The number of amides is 1. The highest BCUT2D eigenvalue weighted by molar-refractivity contribution is 5.77. The molecule has 1 heterocycles. The van der Waals surface area contributed by atoms with Crippen LogP contribution in [0.15, 0.2) is 48.5 Å². The second kappa shape index (κ2) is 9.90. The van der Waals surface area contributed by atoms with Crippen molar-refractivity contribution in [3.8, 4) is 5.75 Å². The van der Waals surface area contributed by atoms with Crippen LogP contribution in [0.1, 0.15) is 17.2 Å². The van der Waals surface area contributed by atoms with Gasteiger partial charge in [0.1, 0.15) is 11.6 Å². The van der Waals surface area contributed by atoms with Gasteiger partial charge in [0.25, 0.3) is 5.91 Å². The summed E-state index contributed by atoms with van der Waals surface area (Å²) >= 11 is 0. The third-order valence-corrected chi connectivity index (χ3v) is 4.77. The fourth-order valence-corrected chi connectivity index (χ4v) is 3.20. The van der Waals surface area contributed by atoms with Crippen molar-refractivity contribution in [3.63, 3.8) is 0 Å². The first kappa shape index (κ1) is 22.0. The predicted octanol–water partition coefficient (Wildman–Crippen LogP) is 3.41. The average Bonchev–Trinajstić information content (AvgIpc) is 2.74. The van der Waals surface area contributed by atoms with Crippen LogP contribution < -0.4 is 10.1 Å². The number of carbonyl (C=O) groups excluding carboxylic acids is 1. The maximum atomic E-state index is 13.3. The highest BCUT2D eigenvalue weighted by Crippen LogP contribution is 2.31. The molecule has 1 aliphatic rings. The van der Waals surface area contributed by atoms with E-state index in [0.29, 0.717) is 26.3 Å². The summed E-state index contributed by atoms with van der Waals surface area (Å²) in [6.07, 6.45) is -4.48. The number of hydrogen-bond acceptors (Lipinski definition) is 4. The van der Waals surface area contributed by atoms with Crippen molar-refractivity contribution in [1.29, 1.82) is 0 Å². The van der Waals surface area contributed by atoms with Crippen molar-refractivity contribution in [2.75, 3.05) is 39.5 Å². The molecule has 9 heteroatoms. The number of nitrogens with one attached hydrogen (secondary N) is 1. The maximum Gasteiger partial charge on any atom is 0.416 e. The quantitative estimate of drug-likeness (QED) is 0.690. The van der Waals surface area contributed by atoms with Gasteiger partial charge in [-0.15, -0.1) is 0 Å². The number of benzene rings is 2. The number of nitrogens with zero attached hydrogens (tertiary/aromatic N) is 1. The summed E-state index contributed by atoms with van der Waals surface area (Å²) < 4.78 is 62.2. The van der Waals surface area contributed by atoms with Gasteiger partial charge in [-0.25, -0.2) is 4.39 Å². The van der Waals surface area contributed by atoms with Gasteiger partial charge >= 0.3 is 6.18 Å². The van der Waals surface area contributed by atoms with E-state index in [9.17, 15) is 22.4 Å². The second-order valence-corrected chi connectivity index (χ2v) is 6.83. The zero-order valence-electron chi connectivity index (χ0n) is 16.1. The topological polar surface area (TPSA) is 50.8 Å². The van der Waals surface area contributed by atoms with Crippen LogP contribution in [-0.4, -0.2) is 50.3 Å². The molecule has 0 saturated carbocycles. The third kappa shape index (κ3) is 6.17. The van der Waals surface area contributed by atoms with E-state index in [4.69, 9.17) is 9.47 Å². The number of rotatable bonds is 7. The molecule has 0 unspecified atom stereocenters. The molecule has 1 saturated heterocycles. The minimum absolute atomic E-state index is 0.0387. The fraction of sp³-hybridized carbons (Fsp3) is 0.381. The Balaban J connectivity index is 1.58. The van der Waals surface area contributed by atoms with Crippen LogP contribution in [0.2, 0.25) is 0 Å². The lowest BCUT2D eigenvalue weighted by Gasteiger charge is -2.35. The molecule has 1 aliphatic heterocycles. The standard InChI is InChI=1S/C21H22F4N2O3/c22-17-6-4-15(5-7-17)19(27-8-10-29-11-9-27)13-26-20(28)14-30-18-3-1-2-16(12-18)21(23,24)25/h1-7,12,19H,8-11,13-14H2,(H,26,28)/t19-/m1/s1. The number of ether oxygens (including phenoxy) is 2. The van der Waals surface area contributed by atoms with Crippen LogP contribution in [0, 0.1) is 5.82 Å². The summed E-state index contributed by atoms with van der Waals surface area (Å²) in [4.78, 5) is 14.3. The third-order valence-electron chi connectivity index (χ3n) is 4.77. The molecule has 0 aliphatic carbocycles. The number of carbonyl (C=O) groups is 1. The first-order valence-electron chi connectivity index (χ1n) is 9.47. The maximum absolute atomic E-state index is 13.3. The first-order chi connectivity index (χ1) is 14.3. The highest BCUT2D eigenvalue weighted by atomic mass is 19.4. The van der Waals surface area contributed by atoms with E-state index in [-0.39, 0.29) is 24.2 Å². The summed E-state index contributed by atoms with van der Waals surface area (Å²) in [6, 6.07) is 10.2. The van der Waals surface area contributed by atoms with Gasteiger partial charge in [0.15, 0.2) is 6.61 Å². The SMILES string of the molecule is O=C(COc1cccc(C(F)(F)F)c1)NC[C@H](c1ccc(F)cc1)N1CCOCC1. The minimum Gasteiger partial charge on any atom is -0.484 e. The van der Waals surface area contributed by atoms with E-state index >= 15 is 0 Å². The lowest BCUT2D eigenvalue weighted by atomic mass is 10.0. The summed E-state index contributed by atoms with van der Waals surface area (Å²) in [6.45, 7) is 2.28. The van der Waals surface area contributed by atoms with Gasteiger partial charge in [0.05, 0.1) is 24.8 Å². The zero-order chi connectivity index (χ0) is 21.6. The van der Waals surface area contributed by atoms with Crippen LogP contribution in [0.4, 0.5) is 17.6 Å². The highest BCUT2D eigenvalue weighted by Gasteiger charge is 2.30. The van der Waals surface area contributed by atoms with Gasteiger partial charge in [-0.1, -0.05) is 18.2 Å². The molecule has 2 aromatic carbocycles. The molecule has 1 amide bonds. The largest absolute Gasteiger partial charge is 0.484 e. The number of morpholine rings is 1. The molecular formula is C21H22F4N2O3. The van der Waals surface area contributed by atoms with Crippen molar-refractivity contribution >= 4 is 5.91 Å². The molecule has 2 aromatic rings. The molecule has 0 radical (unpaired) electrons. The Bertz CT molecular complexity index is 837. The second-order valence-electron chi connectivity index (χ2n) is 6.83. The van der Waals surface area contributed by atoms with Gasteiger partial charge < -0.3 is 14.8 Å². The van der Waals surface area contributed by atoms with Gasteiger partial charge in [-0.3, -0.25) is 9.69 Å². The van der Waals surface area contributed by atoms with Crippen LogP contribution in [0.5, 0.6) is 5.75 Å². The Labute approximate surface area is 171 Å². The van der Waals surface area contributed by atoms with Crippen LogP contribution in [0.3, 0.4) is 0 Å². The van der Waals surface area contributed by atoms with E-state index in [2.05, 4.69) is 10.2 Å². The summed E-state index contributed by atoms with van der Waals surface area (Å²) in [5, 5.41) is 2.75. The lowest BCUT2D eigenvalue weighted by Crippen LogP contribution is -2.44. The zero-order valence-corrected chi connectivity index (χ0v) is 16.1. The Morgan fingerprint density at radius 1 is 1.13 bits per heavy atom. The summed E-state index contributed by atoms with van der Waals surface area (Å²) in [5.74, 6) is -0.853. The average molecular weight is 426 g/mol. The van der Waals surface area contributed by atoms with Crippen LogP contribution >= 0.6 is 0 Å². The normalized spacial score (nSPS) is 16.1. The van der Waals surface area contributed by atoms with Gasteiger partial charge in [-0.2, -0.15) is 13.2 Å². The molecular weight excluding hydrogens is 404 g/mol. The minimum atomic E-state index is -4.48. The Morgan fingerprint density at radius 2 is 1.83 bits per heavy atom. The van der Waals surface area contributed by atoms with Crippen molar-refractivity contribution in [2.24, 2.45) is 0 Å². The smallest absolute Gasteiger partial charge is 0.416 e. The van der Waals surface area contributed by atoms with Gasteiger partial charge in [0, 0.05) is 19.6 Å². The van der Waals surface area contributed by atoms with E-state index in [1.807, 2.05) is 0 Å². The van der Waals surface area contributed by atoms with Crippen LogP contribution in [-0.2, 0) is 15.7 Å². The van der Waals surface area contributed by atoms with E-state index in [1.54, 1.807) is 12.1 Å². The molecule has 5 nitrogen and oxygen atoms in total. The lowest BCUT2D eigenvalue weighted by molar-refractivity contribution is -0.137.